The third-order valence-corrected chi connectivity index (χ3v) is 4.30. The summed E-state index contributed by atoms with van der Waals surface area (Å²) in [5.74, 6) is 0. The van der Waals surface area contributed by atoms with Gasteiger partial charge in [0.25, 0.3) is 0 Å². The number of hydrogen-bond acceptors (Lipinski definition) is 1. The predicted molar refractivity (Wildman–Crippen MR) is 79.0 cm³/mol. The van der Waals surface area contributed by atoms with Gasteiger partial charge in [0.2, 0.25) is 0 Å². The van der Waals surface area contributed by atoms with Crippen molar-refractivity contribution in [2.24, 2.45) is 5.41 Å². The SMILES string of the molecule is CCC(NC1CCC(C)(C)C1)c1cccc(Cl)c1. The second kappa shape index (κ2) is 5.63. The third-order valence-electron chi connectivity index (χ3n) is 4.06. The smallest absolute Gasteiger partial charge is 0.0409 e. The Balaban J connectivity index is 2.02. The fraction of sp³-hybridized carbons (Fsp3) is 0.625. The van der Waals surface area contributed by atoms with Crippen molar-refractivity contribution in [3.8, 4) is 0 Å². The molecule has 100 valence electrons. The lowest BCUT2D eigenvalue weighted by atomic mass is 9.91. The summed E-state index contributed by atoms with van der Waals surface area (Å²) in [7, 11) is 0. The normalized spacial score (nSPS) is 24.1. The summed E-state index contributed by atoms with van der Waals surface area (Å²) in [6, 6.07) is 9.33. The lowest BCUT2D eigenvalue weighted by Crippen LogP contribution is -2.31. The van der Waals surface area contributed by atoms with Crippen LogP contribution in [0.5, 0.6) is 0 Å². The highest BCUT2D eigenvalue weighted by Crippen LogP contribution is 2.38. The quantitative estimate of drug-likeness (QED) is 0.811. The van der Waals surface area contributed by atoms with Gasteiger partial charge >= 0.3 is 0 Å². The van der Waals surface area contributed by atoms with Crippen molar-refractivity contribution in [2.75, 3.05) is 0 Å². The van der Waals surface area contributed by atoms with Gasteiger partial charge in [-0.1, -0.05) is 44.5 Å². The molecule has 0 radical (unpaired) electrons. The van der Waals surface area contributed by atoms with E-state index in [1.807, 2.05) is 12.1 Å². The number of benzene rings is 1. The van der Waals surface area contributed by atoms with Crippen LogP contribution >= 0.6 is 11.6 Å². The van der Waals surface area contributed by atoms with Crippen molar-refractivity contribution >= 4 is 11.6 Å². The Kier molecular flexibility index (Phi) is 4.34. The molecule has 18 heavy (non-hydrogen) atoms. The minimum absolute atomic E-state index is 0.433. The van der Waals surface area contributed by atoms with Crippen LogP contribution in [0.25, 0.3) is 0 Å². The predicted octanol–water partition coefficient (Wildman–Crippen LogP) is 4.96. The minimum atomic E-state index is 0.433. The van der Waals surface area contributed by atoms with E-state index in [4.69, 9.17) is 11.6 Å². The largest absolute Gasteiger partial charge is 0.307 e. The zero-order valence-electron chi connectivity index (χ0n) is 11.7. The summed E-state index contributed by atoms with van der Waals surface area (Å²) in [5, 5.41) is 4.64. The van der Waals surface area contributed by atoms with Crippen molar-refractivity contribution < 1.29 is 0 Å². The van der Waals surface area contributed by atoms with E-state index >= 15 is 0 Å². The lowest BCUT2D eigenvalue weighted by molar-refractivity contribution is 0.350. The van der Waals surface area contributed by atoms with E-state index in [1.54, 1.807) is 0 Å². The molecule has 0 bridgehead atoms. The first kappa shape index (κ1) is 13.9. The van der Waals surface area contributed by atoms with Crippen molar-refractivity contribution in [3.05, 3.63) is 34.9 Å². The zero-order valence-corrected chi connectivity index (χ0v) is 12.4. The number of hydrogen-bond donors (Lipinski definition) is 1. The first-order chi connectivity index (χ1) is 8.50. The number of rotatable bonds is 4. The summed E-state index contributed by atoms with van der Waals surface area (Å²) < 4.78 is 0. The van der Waals surface area contributed by atoms with E-state index in [2.05, 4.69) is 38.2 Å². The molecule has 0 aromatic heterocycles. The maximum absolute atomic E-state index is 6.08. The van der Waals surface area contributed by atoms with E-state index in [-0.39, 0.29) is 0 Å². The zero-order chi connectivity index (χ0) is 13.2. The maximum atomic E-state index is 6.08. The molecule has 1 aliphatic carbocycles. The van der Waals surface area contributed by atoms with Crippen molar-refractivity contribution in [1.82, 2.24) is 5.32 Å². The average Bonchev–Trinajstić information content (AvgIpc) is 2.65. The van der Waals surface area contributed by atoms with Crippen LogP contribution in [0.15, 0.2) is 24.3 Å². The molecule has 2 atom stereocenters. The fourth-order valence-corrected chi connectivity index (χ4v) is 3.23. The summed E-state index contributed by atoms with van der Waals surface area (Å²) >= 11 is 6.08. The van der Waals surface area contributed by atoms with E-state index in [0.717, 1.165) is 11.4 Å². The number of nitrogens with one attached hydrogen (secondary N) is 1. The van der Waals surface area contributed by atoms with Crippen LogP contribution in [0.1, 0.15) is 58.1 Å². The second-order valence-corrected chi connectivity index (χ2v) is 6.72. The molecule has 0 aliphatic heterocycles. The highest BCUT2D eigenvalue weighted by molar-refractivity contribution is 6.30. The van der Waals surface area contributed by atoms with Gasteiger partial charge in [0.1, 0.15) is 0 Å². The van der Waals surface area contributed by atoms with Gasteiger partial charge in [-0.25, -0.2) is 0 Å². The van der Waals surface area contributed by atoms with Gasteiger partial charge in [-0.15, -0.1) is 0 Å². The highest BCUT2D eigenvalue weighted by Gasteiger charge is 2.31. The van der Waals surface area contributed by atoms with Gasteiger partial charge in [-0.2, -0.15) is 0 Å². The van der Waals surface area contributed by atoms with E-state index in [9.17, 15) is 0 Å². The molecule has 0 heterocycles. The summed E-state index contributed by atoms with van der Waals surface area (Å²) in [6.07, 6.45) is 5.02. The lowest BCUT2D eigenvalue weighted by Gasteiger charge is -2.24. The molecule has 0 saturated heterocycles. The molecule has 2 heteroatoms. The molecule has 0 amide bonds. The molecule has 1 N–H and O–H groups in total. The Bertz CT molecular complexity index is 400. The van der Waals surface area contributed by atoms with Crippen LogP contribution < -0.4 is 5.32 Å². The average molecular weight is 266 g/mol. The van der Waals surface area contributed by atoms with E-state index in [1.165, 1.54) is 24.8 Å². The molecule has 0 spiro atoms. The Morgan fingerprint density at radius 1 is 1.44 bits per heavy atom. The molecule has 1 aromatic carbocycles. The topological polar surface area (TPSA) is 12.0 Å². The fourth-order valence-electron chi connectivity index (χ4n) is 3.04. The molecular formula is C16H24ClN. The Morgan fingerprint density at radius 2 is 2.22 bits per heavy atom. The van der Waals surface area contributed by atoms with E-state index < -0.39 is 0 Å². The van der Waals surface area contributed by atoms with E-state index in [0.29, 0.717) is 17.5 Å². The molecule has 1 aromatic rings. The Morgan fingerprint density at radius 3 is 2.78 bits per heavy atom. The Labute approximate surface area is 116 Å². The molecule has 1 fully saturated rings. The van der Waals surface area contributed by atoms with Gasteiger partial charge in [-0.05, 0) is 48.8 Å². The van der Waals surface area contributed by atoms with Gasteiger partial charge in [0.15, 0.2) is 0 Å². The van der Waals surface area contributed by atoms with Crippen LogP contribution in [0.4, 0.5) is 0 Å². The first-order valence-electron chi connectivity index (χ1n) is 7.02. The molecule has 1 saturated carbocycles. The standard InChI is InChI=1S/C16H24ClN/c1-4-15(12-6-5-7-13(17)10-12)18-14-8-9-16(2,3)11-14/h5-7,10,14-15,18H,4,8-9,11H2,1-3H3. The van der Waals surface area contributed by atoms with Crippen LogP contribution in [-0.4, -0.2) is 6.04 Å². The molecule has 1 nitrogen and oxygen atoms in total. The first-order valence-corrected chi connectivity index (χ1v) is 7.39. The molecule has 2 rings (SSSR count). The van der Waals surface area contributed by atoms with Crippen LogP contribution in [0, 0.1) is 5.41 Å². The monoisotopic (exact) mass is 265 g/mol. The summed E-state index contributed by atoms with van der Waals surface area (Å²) in [6.45, 7) is 6.97. The molecular weight excluding hydrogens is 242 g/mol. The van der Waals surface area contributed by atoms with Crippen molar-refractivity contribution in [2.45, 2.75) is 58.5 Å². The Hall–Kier alpha value is -0.530. The van der Waals surface area contributed by atoms with Crippen molar-refractivity contribution in [3.63, 3.8) is 0 Å². The van der Waals surface area contributed by atoms with Gasteiger partial charge in [-0.3, -0.25) is 0 Å². The molecule has 1 aliphatic rings. The summed E-state index contributed by atoms with van der Waals surface area (Å²) in [4.78, 5) is 0. The van der Waals surface area contributed by atoms with Crippen LogP contribution in [0.2, 0.25) is 5.02 Å². The minimum Gasteiger partial charge on any atom is -0.307 e. The maximum Gasteiger partial charge on any atom is 0.0409 e. The van der Waals surface area contributed by atoms with Gasteiger partial charge in [0.05, 0.1) is 0 Å². The molecule has 2 unspecified atom stereocenters. The van der Waals surface area contributed by atoms with Gasteiger partial charge in [0, 0.05) is 17.1 Å². The second-order valence-electron chi connectivity index (χ2n) is 6.29. The highest BCUT2D eigenvalue weighted by atomic mass is 35.5. The van der Waals surface area contributed by atoms with Crippen LogP contribution in [0.3, 0.4) is 0 Å². The van der Waals surface area contributed by atoms with Gasteiger partial charge < -0.3 is 5.32 Å². The van der Waals surface area contributed by atoms with Crippen LogP contribution in [-0.2, 0) is 0 Å². The third kappa shape index (κ3) is 3.49. The number of halogens is 1. The summed E-state index contributed by atoms with van der Waals surface area (Å²) in [5.41, 5.74) is 1.82. The van der Waals surface area contributed by atoms with Crippen molar-refractivity contribution in [1.29, 1.82) is 0 Å².